The first kappa shape index (κ1) is 16.9. The fourth-order valence-electron chi connectivity index (χ4n) is 5.06. The molecule has 0 radical (unpaired) electrons. The zero-order valence-electron chi connectivity index (χ0n) is 15.3. The molecule has 0 saturated carbocycles. The molecule has 28 heavy (non-hydrogen) atoms. The number of hydrogen-bond acceptors (Lipinski definition) is 4. The third kappa shape index (κ3) is 2.09. The number of carbonyl (C=O) groups excluding carboxylic acids is 1. The van der Waals surface area contributed by atoms with Crippen LogP contribution < -0.4 is 10.6 Å². The van der Waals surface area contributed by atoms with Crippen LogP contribution in [0.2, 0.25) is 0 Å². The quantitative estimate of drug-likeness (QED) is 0.533. The van der Waals surface area contributed by atoms with Crippen LogP contribution in [0.5, 0.6) is 0 Å². The molecule has 140 valence electrons. The number of nitrogens with one attached hydrogen (secondary N) is 2. The van der Waals surface area contributed by atoms with E-state index in [-0.39, 0.29) is 16.9 Å². The molecule has 4 atom stereocenters. The van der Waals surface area contributed by atoms with E-state index in [4.69, 9.17) is 0 Å². The lowest BCUT2D eigenvalue weighted by Gasteiger charge is -2.25. The van der Waals surface area contributed by atoms with Crippen LogP contribution in [0.4, 0.5) is 5.69 Å². The highest BCUT2D eigenvalue weighted by atomic mass is 16.6. The van der Waals surface area contributed by atoms with Crippen LogP contribution in [0.1, 0.15) is 24.0 Å². The van der Waals surface area contributed by atoms with Crippen molar-refractivity contribution in [3.63, 3.8) is 0 Å². The Hall–Kier alpha value is -3.25. The summed E-state index contributed by atoms with van der Waals surface area (Å²) in [6, 6.07) is 19.6. The summed E-state index contributed by atoms with van der Waals surface area (Å²) in [6.45, 7) is 1.92. The highest BCUT2D eigenvalue weighted by molar-refractivity contribution is 6.07. The molecule has 2 N–H and O–H groups in total. The van der Waals surface area contributed by atoms with E-state index in [1.54, 1.807) is 12.1 Å². The lowest BCUT2D eigenvalue weighted by molar-refractivity contribution is -0.532. The molecular weight excluding hydrogens is 354 g/mol. The van der Waals surface area contributed by atoms with E-state index in [0.29, 0.717) is 11.3 Å². The van der Waals surface area contributed by atoms with E-state index in [1.807, 2.05) is 61.5 Å². The van der Waals surface area contributed by atoms with Crippen LogP contribution in [-0.2, 0) is 10.3 Å². The Labute approximate surface area is 161 Å². The first-order valence-corrected chi connectivity index (χ1v) is 9.34. The normalized spacial score (nSPS) is 28.5. The first-order valence-electron chi connectivity index (χ1n) is 9.34. The summed E-state index contributed by atoms with van der Waals surface area (Å²) in [4.78, 5) is 25.2. The van der Waals surface area contributed by atoms with Crippen molar-refractivity contribution in [3.05, 3.63) is 88.0 Å². The van der Waals surface area contributed by atoms with Crippen LogP contribution in [0.3, 0.4) is 0 Å². The van der Waals surface area contributed by atoms with Crippen molar-refractivity contribution in [1.29, 1.82) is 0 Å². The van der Waals surface area contributed by atoms with E-state index >= 15 is 0 Å². The lowest BCUT2D eigenvalue weighted by atomic mass is 9.77. The minimum atomic E-state index is -1.37. The van der Waals surface area contributed by atoms with Gasteiger partial charge in [0.05, 0.1) is 5.92 Å². The van der Waals surface area contributed by atoms with Crippen LogP contribution >= 0.6 is 0 Å². The Morgan fingerprint density at radius 3 is 2.54 bits per heavy atom. The van der Waals surface area contributed by atoms with Gasteiger partial charge in [-0.2, -0.15) is 0 Å². The number of anilines is 1. The van der Waals surface area contributed by atoms with Gasteiger partial charge in [0.2, 0.25) is 0 Å². The van der Waals surface area contributed by atoms with E-state index < -0.39 is 17.5 Å². The molecule has 0 aliphatic carbocycles. The zero-order valence-corrected chi connectivity index (χ0v) is 15.3. The number of nitro groups is 1. The fraction of sp³-hybridized carbons (Fsp3) is 0.227. The van der Waals surface area contributed by atoms with Gasteiger partial charge in [-0.3, -0.25) is 20.2 Å². The predicted molar refractivity (Wildman–Crippen MR) is 107 cm³/mol. The van der Waals surface area contributed by atoms with Crippen LogP contribution in [0.25, 0.3) is 10.8 Å². The molecule has 0 bridgehead atoms. The summed E-state index contributed by atoms with van der Waals surface area (Å²) in [5, 5.41) is 20.6. The Morgan fingerprint density at radius 1 is 1.00 bits per heavy atom. The first-order chi connectivity index (χ1) is 13.5. The predicted octanol–water partition coefficient (Wildman–Crippen LogP) is 3.41. The zero-order chi connectivity index (χ0) is 19.5. The molecule has 3 aromatic carbocycles. The SMILES string of the molecule is C[C@@H]1N[C@]2(C(=O)Nc3ccccc32)[C@H]([N+](=O)[O-])[C@@H]1c1cccc2ccccc12. The summed E-state index contributed by atoms with van der Waals surface area (Å²) in [5.41, 5.74) is 0.809. The number of fused-ring (bicyclic) bond motifs is 3. The van der Waals surface area contributed by atoms with Gasteiger partial charge in [-0.05, 0) is 29.3 Å². The minimum Gasteiger partial charge on any atom is -0.324 e. The third-order valence-corrected chi connectivity index (χ3v) is 6.15. The van der Waals surface area contributed by atoms with Crippen molar-refractivity contribution in [1.82, 2.24) is 5.32 Å². The maximum atomic E-state index is 13.1. The van der Waals surface area contributed by atoms with Gasteiger partial charge in [0.25, 0.3) is 11.9 Å². The van der Waals surface area contributed by atoms with Crippen molar-refractivity contribution in [2.24, 2.45) is 0 Å². The second-order valence-corrected chi connectivity index (χ2v) is 7.57. The maximum Gasteiger partial charge on any atom is 0.256 e. The fourth-order valence-corrected chi connectivity index (χ4v) is 5.06. The van der Waals surface area contributed by atoms with Crippen molar-refractivity contribution in [2.75, 3.05) is 5.32 Å². The molecule has 3 aromatic rings. The minimum absolute atomic E-state index is 0.252. The van der Waals surface area contributed by atoms with Gasteiger partial charge in [0, 0.05) is 22.2 Å². The van der Waals surface area contributed by atoms with Gasteiger partial charge in [-0.15, -0.1) is 0 Å². The summed E-state index contributed by atoms with van der Waals surface area (Å²) >= 11 is 0. The molecule has 1 spiro atoms. The molecule has 1 fully saturated rings. The molecule has 6 heteroatoms. The van der Waals surface area contributed by atoms with E-state index in [1.165, 1.54) is 0 Å². The maximum absolute atomic E-state index is 13.1. The molecule has 2 aliphatic rings. The van der Waals surface area contributed by atoms with Gasteiger partial charge in [0.15, 0.2) is 5.54 Å². The summed E-state index contributed by atoms with van der Waals surface area (Å²) in [6.07, 6.45) is 0. The van der Waals surface area contributed by atoms with Crippen LogP contribution in [0.15, 0.2) is 66.7 Å². The van der Waals surface area contributed by atoms with Crippen LogP contribution in [-0.4, -0.2) is 22.9 Å². The topological polar surface area (TPSA) is 84.3 Å². The lowest BCUT2D eigenvalue weighted by Crippen LogP contribution is -2.54. The standard InChI is InChI=1S/C22H19N3O3/c1-13-19(16-10-6-8-14-7-2-3-9-15(14)16)20(25(27)28)22(24-13)17-11-4-5-12-18(17)23-21(22)26/h2-13,19-20,24H,1H3,(H,23,26)/t13-,19-,20+,22-/m0/s1. The number of rotatable bonds is 2. The number of amides is 1. The van der Waals surface area contributed by atoms with Crippen molar-refractivity contribution in [3.8, 4) is 0 Å². The Balaban J connectivity index is 1.75. The van der Waals surface area contributed by atoms with Gasteiger partial charge in [-0.25, -0.2) is 0 Å². The second kappa shape index (κ2) is 5.87. The molecule has 2 aliphatic heterocycles. The Kier molecular flexibility index (Phi) is 3.54. The third-order valence-electron chi connectivity index (χ3n) is 6.15. The largest absolute Gasteiger partial charge is 0.324 e. The van der Waals surface area contributed by atoms with Crippen LogP contribution in [0, 0.1) is 10.1 Å². The smallest absolute Gasteiger partial charge is 0.256 e. The summed E-state index contributed by atoms with van der Waals surface area (Å²) in [7, 11) is 0. The van der Waals surface area contributed by atoms with Crippen molar-refractivity contribution < 1.29 is 9.72 Å². The van der Waals surface area contributed by atoms with E-state index in [9.17, 15) is 14.9 Å². The molecule has 5 rings (SSSR count). The Bertz CT molecular complexity index is 1120. The molecule has 0 unspecified atom stereocenters. The van der Waals surface area contributed by atoms with Gasteiger partial charge >= 0.3 is 0 Å². The van der Waals surface area contributed by atoms with Gasteiger partial charge < -0.3 is 5.32 Å². The molecule has 1 saturated heterocycles. The number of benzene rings is 3. The van der Waals surface area contributed by atoms with E-state index in [0.717, 1.165) is 16.3 Å². The average Bonchev–Trinajstić information content (AvgIpc) is 3.16. The van der Waals surface area contributed by atoms with Gasteiger partial charge in [0.1, 0.15) is 0 Å². The summed E-state index contributed by atoms with van der Waals surface area (Å²) < 4.78 is 0. The van der Waals surface area contributed by atoms with Gasteiger partial charge in [-0.1, -0.05) is 60.7 Å². The summed E-state index contributed by atoms with van der Waals surface area (Å²) in [5.74, 6) is -0.803. The molecular formula is C22H19N3O3. The Morgan fingerprint density at radius 2 is 1.71 bits per heavy atom. The van der Waals surface area contributed by atoms with E-state index in [2.05, 4.69) is 10.6 Å². The number of para-hydroxylation sites is 1. The second-order valence-electron chi connectivity index (χ2n) is 7.57. The highest BCUT2D eigenvalue weighted by Gasteiger charge is 2.67. The monoisotopic (exact) mass is 373 g/mol. The number of hydrogen-bond donors (Lipinski definition) is 2. The number of carbonyl (C=O) groups is 1. The molecule has 1 amide bonds. The number of nitrogens with zero attached hydrogens (tertiary/aromatic N) is 1. The highest BCUT2D eigenvalue weighted by Crippen LogP contribution is 2.50. The molecule has 0 aromatic heterocycles. The molecule has 6 nitrogen and oxygen atoms in total. The average molecular weight is 373 g/mol. The van der Waals surface area contributed by atoms with Crippen molar-refractivity contribution >= 4 is 22.4 Å². The molecule has 2 heterocycles. The van der Waals surface area contributed by atoms with Crippen molar-refractivity contribution in [2.45, 2.75) is 30.5 Å².